The molecular weight excluding hydrogens is 304 g/mol. The first kappa shape index (κ1) is 17.7. The molecule has 0 amide bonds. The molecule has 0 spiro atoms. The van der Waals surface area contributed by atoms with Gasteiger partial charge in [-0.15, -0.1) is 0 Å². The summed E-state index contributed by atoms with van der Waals surface area (Å²) in [7, 11) is -3.52. The number of rotatable bonds is 2. The Labute approximate surface area is 140 Å². The smallest absolute Gasteiger partial charge is 0.206 e. The van der Waals surface area contributed by atoms with Crippen molar-refractivity contribution in [2.75, 3.05) is 0 Å². The molecule has 0 aliphatic rings. The summed E-state index contributed by atoms with van der Waals surface area (Å²) in [4.78, 5) is 0.748. The van der Waals surface area contributed by atoms with Crippen LogP contribution in [0.25, 0.3) is 0 Å². The van der Waals surface area contributed by atoms with Crippen molar-refractivity contribution >= 4 is 9.84 Å². The van der Waals surface area contributed by atoms with Crippen LogP contribution in [0.5, 0.6) is 0 Å². The van der Waals surface area contributed by atoms with Crippen LogP contribution in [-0.4, -0.2) is 8.42 Å². The minimum Gasteiger partial charge on any atom is -0.219 e. The molecule has 0 unspecified atom stereocenters. The Hall–Kier alpha value is -1.61. The van der Waals surface area contributed by atoms with E-state index in [1.54, 1.807) is 30.3 Å². The molecule has 0 aliphatic heterocycles. The zero-order valence-corrected chi connectivity index (χ0v) is 15.7. The minimum absolute atomic E-state index is 0.0188. The number of hydrogen-bond donors (Lipinski definition) is 0. The van der Waals surface area contributed by atoms with Gasteiger partial charge in [0.2, 0.25) is 9.84 Å². The van der Waals surface area contributed by atoms with Gasteiger partial charge in [-0.2, -0.15) is 0 Å². The maximum absolute atomic E-state index is 13.1. The van der Waals surface area contributed by atoms with E-state index in [0.717, 1.165) is 11.1 Å². The third-order valence-electron chi connectivity index (χ3n) is 4.00. The second-order valence-electron chi connectivity index (χ2n) is 8.03. The average Bonchev–Trinajstić information content (AvgIpc) is 2.45. The van der Waals surface area contributed by atoms with E-state index < -0.39 is 9.84 Å². The van der Waals surface area contributed by atoms with Gasteiger partial charge in [-0.1, -0.05) is 71.9 Å². The highest BCUT2D eigenvalue weighted by Gasteiger charge is 2.28. The monoisotopic (exact) mass is 330 g/mol. The van der Waals surface area contributed by atoms with E-state index >= 15 is 0 Å². The molecule has 0 heterocycles. The van der Waals surface area contributed by atoms with Crippen molar-refractivity contribution in [2.24, 2.45) is 0 Å². The van der Waals surface area contributed by atoms with Gasteiger partial charge in [0.15, 0.2) is 0 Å². The van der Waals surface area contributed by atoms with Crippen LogP contribution in [0.15, 0.2) is 58.3 Å². The molecule has 124 valence electrons. The van der Waals surface area contributed by atoms with E-state index in [1.807, 2.05) is 12.1 Å². The van der Waals surface area contributed by atoms with Gasteiger partial charge in [-0.3, -0.25) is 0 Å². The second-order valence-corrected chi connectivity index (χ2v) is 9.95. The van der Waals surface area contributed by atoms with Crippen molar-refractivity contribution in [1.82, 2.24) is 0 Å². The lowest BCUT2D eigenvalue weighted by atomic mass is 9.81. The van der Waals surface area contributed by atoms with Gasteiger partial charge in [0.1, 0.15) is 0 Å². The summed E-state index contributed by atoms with van der Waals surface area (Å²) in [5, 5.41) is 0. The quantitative estimate of drug-likeness (QED) is 0.766. The van der Waals surface area contributed by atoms with Crippen LogP contribution >= 0.6 is 0 Å². The Bertz CT molecular complexity index is 790. The summed E-state index contributed by atoms with van der Waals surface area (Å²) < 4.78 is 26.1. The third kappa shape index (κ3) is 3.66. The number of benzene rings is 2. The van der Waals surface area contributed by atoms with E-state index in [0.29, 0.717) is 9.79 Å². The van der Waals surface area contributed by atoms with Crippen molar-refractivity contribution in [2.45, 2.75) is 62.2 Å². The van der Waals surface area contributed by atoms with Crippen LogP contribution < -0.4 is 0 Å². The normalized spacial score (nSPS) is 13.1. The molecule has 0 fully saturated rings. The van der Waals surface area contributed by atoms with Gasteiger partial charge >= 0.3 is 0 Å². The van der Waals surface area contributed by atoms with Gasteiger partial charge in [-0.25, -0.2) is 8.42 Å². The summed E-state index contributed by atoms with van der Waals surface area (Å²) in [5.41, 5.74) is 1.75. The molecule has 0 aliphatic carbocycles. The highest BCUT2D eigenvalue weighted by atomic mass is 32.2. The van der Waals surface area contributed by atoms with Crippen LogP contribution in [-0.2, 0) is 20.7 Å². The van der Waals surface area contributed by atoms with Crippen molar-refractivity contribution in [3.05, 3.63) is 59.7 Å². The van der Waals surface area contributed by atoms with Gasteiger partial charge in [-0.05, 0) is 40.2 Å². The van der Waals surface area contributed by atoms with E-state index in [2.05, 4.69) is 47.6 Å². The molecule has 2 aromatic rings. The summed E-state index contributed by atoms with van der Waals surface area (Å²) in [5.74, 6) is 0. The van der Waals surface area contributed by atoms with E-state index in [4.69, 9.17) is 0 Å². The molecule has 0 atom stereocenters. The molecule has 0 N–H and O–H groups in total. The van der Waals surface area contributed by atoms with Crippen LogP contribution in [0, 0.1) is 0 Å². The zero-order chi connectivity index (χ0) is 17.5. The summed E-state index contributed by atoms with van der Waals surface area (Å²) in [6.45, 7) is 12.6. The topological polar surface area (TPSA) is 34.1 Å². The Kier molecular flexibility index (Phi) is 4.46. The van der Waals surface area contributed by atoms with Crippen molar-refractivity contribution in [3.63, 3.8) is 0 Å². The molecular formula is C20H26O2S. The van der Waals surface area contributed by atoms with Crippen molar-refractivity contribution < 1.29 is 8.42 Å². The largest absolute Gasteiger partial charge is 0.219 e. The fourth-order valence-electron chi connectivity index (χ4n) is 2.54. The number of hydrogen-bond acceptors (Lipinski definition) is 2. The Morgan fingerprint density at radius 3 is 1.78 bits per heavy atom. The van der Waals surface area contributed by atoms with E-state index in [9.17, 15) is 8.42 Å². The molecule has 0 radical (unpaired) electrons. The maximum atomic E-state index is 13.1. The standard InChI is InChI=1S/C20H26O2S/c1-19(2,3)15-12-13-18(17(14-15)20(4,5)6)23(21,22)16-10-8-7-9-11-16/h7-14H,1-6H3. The molecule has 2 aromatic carbocycles. The first-order valence-electron chi connectivity index (χ1n) is 7.89. The number of sulfone groups is 1. The lowest BCUT2D eigenvalue weighted by molar-refractivity contribution is 0.549. The van der Waals surface area contributed by atoms with Gasteiger partial charge in [0.05, 0.1) is 9.79 Å². The SMILES string of the molecule is CC(C)(C)c1ccc(S(=O)(=O)c2ccccc2)c(C(C)(C)C)c1. The summed E-state index contributed by atoms with van der Waals surface area (Å²) in [6, 6.07) is 14.4. The van der Waals surface area contributed by atoms with Crippen LogP contribution in [0.4, 0.5) is 0 Å². The minimum atomic E-state index is -3.52. The molecule has 23 heavy (non-hydrogen) atoms. The molecule has 0 aromatic heterocycles. The molecule has 3 heteroatoms. The van der Waals surface area contributed by atoms with Crippen LogP contribution in [0.3, 0.4) is 0 Å². The van der Waals surface area contributed by atoms with Gasteiger partial charge < -0.3 is 0 Å². The molecule has 2 rings (SSSR count). The first-order chi connectivity index (χ1) is 10.4. The van der Waals surface area contributed by atoms with Crippen molar-refractivity contribution in [3.8, 4) is 0 Å². The Morgan fingerprint density at radius 1 is 0.739 bits per heavy atom. The maximum Gasteiger partial charge on any atom is 0.206 e. The predicted octanol–water partition coefficient (Wildman–Crippen LogP) is 5.11. The van der Waals surface area contributed by atoms with Crippen LogP contribution in [0.2, 0.25) is 0 Å². The molecule has 2 nitrogen and oxygen atoms in total. The molecule has 0 saturated heterocycles. The Balaban J connectivity index is 2.73. The average molecular weight is 330 g/mol. The first-order valence-corrected chi connectivity index (χ1v) is 9.37. The lowest BCUT2D eigenvalue weighted by Crippen LogP contribution is -2.20. The van der Waals surface area contributed by atoms with E-state index in [1.165, 1.54) is 0 Å². The summed E-state index contributed by atoms with van der Waals surface area (Å²) in [6.07, 6.45) is 0. The predicted molar refractivity (Wildman–Crippen MR) is 95.7 cm³/mol. The van der Waals surface area contributed by atoms with Crippen LogP contribution in [0.1, 0.15) is 52.7 Å². The molecule has 0 saturated carbocycles. The van der Waals surface area contributed by atoms with Gasteiger partial charge in [0.25, 0.3) is 0 Å². The Morgan fingerprint density at radius 2 is 1.30 bits per heavy atom. The highest BCUT2D eigenvalue weighted by Crippen LogP contribution is 2.35. The highest BCUT2D eigenvalue weighted by molar-refractivity contribution is 7.91. The fraction of sp³-hybridized carbons (Fsp3) is 0.400. The summed E-state index contributed by atoms with van der Waals surface area (Å²) >= 11 is 0. The third-order valence-corrected chi connectivity index (χ3v) is 5.82. The van der Waals surface area contributed by atoms with Crippen molar-refractivity contribution in [1.29, 1.82) is 0 Å². The fourth-order valence-corrected chi connectivity index (χ4v) is 4.21. The van der Waals surface area contributed by atoms with Gasteiger partial charge in [0, 0.05) is 0 Å². The zero-order valence-electron chi connectivity index (χ0n) is 14.8. The second kappa shape index (κ2) is 5.79. The molecule has 0 bridgehead atoms. The van der Waals surface area contributed by atoms with E-state index in [-0.39, 0.29) is 10.8 Å². The lowest BCUT2D eigenvalue weighted by Gasteiger charge is -2.27.